The number of unbranched alkanes of at least 4 members (excludes halogenated alkanes) is 6. The molecule has 2 amide bonds. The molecule has 0 aliphatic carbocycles. The molecule has 1 unspecified atom stereocenters. The van der Waals surface area contributed by atoms with E-state index in [4.69, 9.17) is 4.74 Å². The average molecular weight is 425 g/mol. The second-order valence-corrected chi connectivity index (χ2v) is 8.91. The van der Waals surface area contributed by atoms with Crippen molar-refractivity contribution in [1.29, 1.82) is 0 Å². The van der Waals surface area contributed by atoms with Crippen molar-refractivity contribution in [2.75, 3.05) is 7.11 Å². The topological polar surface area (TPSA) is 84.5 Å². The van der Waals surface area contributed by atoms with Crippen molar-refractivity contribution < 1.29 is 19.1 Å². The number of rotatable bonds is 17. The zero-order valence-corrected chi connectivity index (χ0v) is 19.8. The molecule has 0 heterocycles. The third-order valence-electron chi connectivity index (χ3n) is 4.93. The number of carbonyl (C=O) groups excluding carboxylic acids is 3. The maximum atomic E-state index is 12.8. The number of methoxy groups -OCH3 is 1. The van der Waals surface area contributed by atoms with Gasteiger partial charge < -0.3 is 15.4 Å². The van der Waals surface area contributed by atoms with Gasteiger partial charge in [-0.2, -0.15) is 0 Å². The summed E-state index contributed by atoms with van der Waals surface area (Å²) in [5.74, 6) is -0.432. The van der Waals surface area contributed by atoms with Gasteiger partial charge in [-0.25, -0.2) is 4.79 Å². The number of allylic oxidation sites excluding steroid dienone is 1. The summed E-state index contributed by atoms with van der Waals surface area (Å²) in [7, 11) is 1.31. The summed E-state index contributed by atoms with van der Waals surface area (Å²) in [4.78, 5) is 37.2. The first-order valence-corrected chi connectivity index (χ1v) is 11.5. The van der Waals surface area contributed by atoms with Crippen molar-refractivity contribution in [3.63, 3.8) is 0 Å². The molecular formula is C24H44N2O4. The van der Waals surface area contributed by atoms with Crippen molar-refractivity contribution in [3.05, 3.63) is 12.7 Å². The zero-order chi connectivity index (χ0) is 22.9. The van der Waals surface area contributed by atoms with Crippen LogP contribution in [-0.2, 0) is 19.1 Å². The predicted molar refractivity (Wildman–Crippen MR) is 122 cm³/mol. The summed E-state index contributed by atoms with van der Waals surface area (Å²) in [6, 6.07) is -1.34. The number of hydrogen-bond donors (Lipinski definition) is 2. The summed E-state index contributed by atoms with van der Waals surface area (Å²) in [6.45, 7) is 11.7. The Hall–Kier alpha value is -1.85. The summed E-state index contributed by atoms with van der Waals surface area (Å²) >= 11 is 0. The minimum absolute atomic E-state index is 0.110. The molecule has 0 radical (unpaired) electrons. The number of nitrogens with one attached hydrogen (secondary N) is 2. The van der Waals surface area contributed by atoms with Crippen LogP contribution in [0.3, 0.4) is 0 Å². The minimum Gasteiger partial charge on any atom is -0.467 e. The molecule has 6 heteroatoms. The largest absolute Gasteiger partial charge is 0.467 e. The van der Waals surface area contributed by atoms with E-state index in [0.29, 0.717) is 19.3 Å². The molecule has 0 aliphatic heterocycles. The fourth-order valence-electron chi connectivity index (χ4n) is 3.35. The second kappa shape index (κ2) is 16.9. The Labute approximate surface area is 183 Å². The third kappa shape index (κ3) is 14.2. The monoisotopic (exact) mass is 424 g/mol. The first kappa shape index (κ1) is 28.1. The zero-order valence-electron chi connectivity index (χ0n) is 19.8. The van der Waals surface area contributed by atoms with Crippen LogP contribution >= 0.6 is 0 Å². The third-order valence-corrected chi connectivity index (χ3v) is 4.93. The van der Waals surface area contributed by atoms with Crippen LogP contribution in [0.25, 0.3) is 0 Å². The molecule has 0 aromatic carbocycles. The van der Waals surface area contributed by atoms with Crippen LogP contribution in [0, 0.1) is 11.8 Å². The predicted octanol–water partition coefficient (Wildman–Crippen LogP) is 4.53. The highest BCUT2D eigenvalue weighted by Crippen LogP contribution is 2.11. The first-order chi connectivity index (χ1) is 14.2. The molecule has 0 aliphatic rings. The molecule has 0 aromatic heterocycles. The SMILES string of the molecule is C=CCCCCCCCCC(=O)NC(CC(C)C)C(=O)N[C@H](CC(C)C)C(=O)OC. The van der Waals surface area contributed by atoms with Crippen molar-refractivity contribution in [3.8, 4) is 0 Å². The molecule has 0 saturated carbocycles. The minimum atomic E-state index is -0.699. The molecule has 174 valence electrons. The number of esters is 1. The lowest BCUT2D eigenvalue weighted by Gasteiger charge is -2.24. The standard InChI is InChI=1S/C24H44N2O4/c1-7-8-9-10-11-12-13-14-15-22(27)25-20(16-18(2)3)23(28)26-21(17-19(4)5)24(29)30-6/h7,18-21H,1,8-17H2,2-6H3,(H,25,27)(H,26,28)/t20?,21-/m1/s1. The first-order valence-electron chi connectivity index (χ1n) is 11.5. The second-order valence-electron chi connectivity index (χ2n) is 8.91. The summed E-state index contributed by atoms with van der Waals surface area (Å²) in [6.07, 6.45) is 11.0. The lowest BCUT2D eigenvalue weighted by Crippen LogP contribution is -2.52. The molecule has 0 spiro atoms. The van der Waals surface area contributed by atoms with Gasteiger partial charge in [0.15, 0.2) is 0 Å². The Bertz CT molecular complexity index is 517. The van der Waals surface area contributed by atoms with Crippen molar-refractivity contribution >= 4 is 17.8 Å². The fourth-order valence-corrected chi connectivity index (χ4v) is 3.35. The van der Waals surface area contributed by atoms with Crippen LogP contribution in [0.2, 0.25) is 0 Å². The lowest BCUT2D eigenvalue weighted by molar-refractivity contribution is -0.145. The van der Waals surface area contributed by atoms with Crippen LogP contribution in [-0.4, -0.2) is 37.0 Å². The fraction of sp³-hybridized carbons (Fsp3) is 0.792. The normalized spacial score (nSPS) is 13.0. The van der Waals surface area contributed by atoms with Gasteiger partial charge in [0, 0.05) is 6.42 Å². The summed E-state index contributed by atoms with van der Waals surface area (Å²) in [5.41, 5.74) is 0. The van der Waals surface area contributed by atoms with Gasteiger partial charge in [0.05, 0.1) is 7.11 Å². The summed E-state index contributed by atoms with van der Waals surface area (Å²) in [5, 5.41) is 5.64. The van der Waals surface area contributed by atoms with Gasteiger partial charge in [0.1, 0.15) is 12.1 Å². The van der Waals surface area contributed by atoms with E-state index < -0.39 is 18.1 Å². The highest BCUT2D eigenvalue weighted by Gasteiger charge is 2.28. The highest BCUT2D eigenvalue weighted by molar-refractivity contribution is 5.90. The van der Waals surface area contributed by atoms with Crippen molar-refractivity contribution in [2.24, 2.45) is 11.8 Å². The van der Waals surface area contributed by atoms with E-state index in [9.17, 15) is 14.4 Å². The van der Waals surface area contributed by atoms with Gasteiger partial charge in [0.25, 0.3) is 0 Å². The molecule has 0 saturated heterocycles. The van der Waals surface area contributed by atoms with E-state index in [2.05, 4.69) is 17.2 Å². The van der Waals surface area contributed by atoms with E-state index in [1.54, 1.807) is 0 Å². The van der Waals surface area contributed by atoms with Crippen LogP contribution < -0.4 is 10.6 Å². The molecule has 6 nitrogen and oxygen atoms in total. The van der Waals surface area contributed by atoms with Gasteiger partial charge in [-0.15, -0.1) is 6.58 Å². The molecule has 2 atom stereocenters. The summed E-state index contributed by atoms with van der Waals surface area (Å²) < 4.78 is 4.82. The highest BCUT2D eigenvalue weighted by atomic mass is 16.5. The molecule has 0 aromatic rings. The molecular weight excluding hydrogens is 380 g/mol. The maximum absolute atomic E-state index is 12.8. The van der Waals surface area contributed by atoms with E-state index in [-0.39, 0.29) is 23.7 Å². The van der Waals surface area contributed by atoms with Crippen molar-refractivity contribution in [1.82, 2.24) is 10.6 Å². The lowest BCUT2D eigenvalue weighted by atomic mass is 10.00. The van der Waals surface area contributed by atoms with E-state index in [0.717, 1.165) is 25.7 Å². The van der Waals surface area contributed by atoms with E-state index in [1.165, 1.54) is 26.4 Å². The number of carbonyl (C=O) groups is 3. The molecule has 0 bridgehead atoms. The van der Waals surface area contributed by atoms with Gasteiger partial charge in [0.2, 0.25) is 11.8 Å². The number of ether oxygens (including phenoxy) is 1. The van der Waals surface area contributed by atoms with Gasteiger partial charge in [-0.3, -0.25) is 9.59 Å². The van der Waals surface area contributed by atoms with E-state index >= 15 is 0 Å². The molecule has 2 N–H and O–H groups in total. The quantitative estimate of drug-likeness (QED) is 0.204. The Balaban J connectivity index is 4.56. The average Bonchev–Trinajstić information content (AvgIpc) is 2.67. The Morgan fingerprint density at radius 2 is 1.37 bits per heavy atom. The van der Waals surface area contributed by atoms with Gasteiger partial charge in [-0.1, -0.05) is 59.5 Å². The smallest absolute Gasteiger partial charge is 0.328 e. The van der Waals surface area contributed by atoms with Crippen LogP contribution in [0.4, 0.5) is 0 Å². The number of amides is 2. The Kier molecular flexibility index (Phi) is 15.9. The Morgan fingerprint density at radius 3 is 1.90 bits per heavy atom. The van der Waals surface area contributed by atoms with Crippen LogP contribution in [0.15, 0.2) is 12.7 Å². The van der Waals surface area contributed by atoms with Crippen LogP contribution in [0.5, 0.6) is 0 Å². The van der Waals surface area contributed by atoms with Gasteiger partial charge in [-0.05, 0) is 43.9 Å². The van der Waals surface area contributed by atoms with Crippen LogP contribution in [0.1, 0.15) is 91.9 Å². The maximum Gasteiger partial charge on any atom is 0.328 e. The van der Waals surface area contributed by atoms with Crippen molar-refractivity contribution in [2.45, 2.75) is 104 Å². The van der Waals surface area contributed by atoms with Gasteiger partial charge >= 0.3 is 5.97 Å². The number of hydrogen-bond acceptors (Lipinski definition) is 4. The molecule has 0 fully saturated rings. The molecule has 0 rings (SSSR count). The molecule has 30 heavy (non-hydrogen) atoms. The Morgan fingerprint density at radius 1 is 0.833 bits per heavy atom. The van der Waals surface area contributed by atoms with E-state index in [1.807, 2.05) is 33.8 Å².